The number of amides is 1. The Hall–Kier alpha value is -4.57. The van der Waals surface area contributed by atoms with E-state index in [0.717, 1.165) is 46.9 Å². The monoisotopic (exact) mass is 667 g/mol. The molecule has 0 radical (unpaired) electrons. The molecule has 0 bridgehead atoms. The van der Waals surface area contributed by atoms with Crippen LogP contribution in [0.25, 0.3) is 10.8 Å². The van der Waals surface area contributed by atoms with Gasteiger partial charge in [-0.05, 0) is 83.8 Å². The molecule has 4 rings (SSSR count). The normalized spacial score (nSPS) is 12.5. The standard InChI is InChI=1S/C36H37ClF3N3O4/c1-4-5-6-32(25-9-11-26(12-10-25)35(46)41-18-17-34(44)45)43(22-24-7-8-28-20-30(37)15-13-27(28)19-24)42-23(2)31-21-29(36(38,39)40)14-16-33(31)47-3/h7-16,19-21,32H,4-6,17-18,22H2,1-3H3,(H,41,46)(H,44,45)/b42-23+. The molecule has 1 unspecified atom stereocenters. The molecule has 0 fully saturated rings. The van der Waals surface area contributed by atoms with Gasteiger partial charge in [0.2, 0.25) is 0 Å². The Kier molecular flexibility index (Phi) is 11.9. The van der Waals surface area contributed by atoms with E-state index in [1.165, 1.54) is 13.2 Å². The molecule has 2 N–H and O–H groups in total. The summed E-state index contributed by atoms with van der Waals surface area (Å²) in [6.45, 7) is 4.08. The second-order valence-corrected chi connectivity index (χ2v) is 11.6. The molecule has 47 heavy (non-hydrogen) atoms. The molecule has 4 aromatic rings. The number of carboxylic acids is 1. The molecule has 0 saturated carbocycles. The molecule has 0 spiro atoms. The molecule has 7 nitrogen and oxygen atoms in total. The van der Waals surface area contributed by atoms with Gasteiger partial charge in [0.25, 0.3) is 5.91 Å². The molecule has 0 aliphatic carbocycles. The first-order valence-electron chi connectivity index (χ1n) is 15.2. The maximum absolute atomic E-state index is 13.7. The third kappa shape index (κ3) is 9.48. The second-order valence-electron chi connectivity index (χ2n) is 11.2. The van der Waals surface area contributed by atoms with E-state index in [-0.39, 0.29) is 36.2 Å². The number of alkyl halides is 3. The number of carbonyl (C=O) groups is 2. The molecule has 0 saturated heterocycles. The van der Waals surface area contributed by atoms with Gasteiger partial charge >= 0.3 is 12.1 Å². The maximum Gasteiger partial charge on any atom is 0.416 e. The number of nitrogens with one attached hydrogen (secondary N) is 1. The first kappa shape index (κ1) is 35.3. The zero-order valence-electron chi connectivity index (χ0n) is 26.4. The lowest BCUT2D eigenvalue weighted by atomic mass is 9.98. The summed E-state index contributed by atoms with van der Waals surface area (Å²) in [4.78, 5) is 23.4. The second kappa shape index (κ2) is 15.8. The van der Waals surface area contributed by atoms with Crippen molar-refractivity contribution in [3.05, 3.63) is 112 Å². The van der Waals surface area contributed by atoms with E-state index in [0.29, 0.717) is 29.3 Å². The third-order valence-electron chi connectivity index (χ3n) is 7.78. The van der Waals surface area contributed by atoms with Crippen LogP contribution in [-0.2, 0) is 17.5 Å². The summed E-state index contributed by atoms with van der Waals surface area (Å²) >= 11 is 6.19. The number of aliphatic carboxylic acids is 1. The molecule has 1 atom stereocenters. The molecular weight excluding hydrogens is 631 g/mol. The van der Waals surface area contributed by atoms with Crippen LogP contribution in [0.2, 0.25) is 5.02 Å². The molecule has 0 aliphatic heterocycles. The summed E-state index contributed by atoms with van der Waals surface area (Å²) in [7, 11) is 1.40. The first-order chi connectivity index (χ1) is 22.4. The number of fused-ring (bicyclic) bond motifs is 1. The SMILES string of the molecule is CCCCC(c1ccc(C(=O)NCCC(=O)O)cc1)N(Cc1ccc2cc(Cl)ccc2c1)/N=C(\C)c1cc(C(F)(F)F)ccc1OC. The van der Waals surface area contributed by atoms with Crippen LogP contribution in [0.3, 0.4) is 0 Å². The fourth-order valence-electron chi connectivity index (χ4n) is 5.31. The fourth-order valence-corrected chi connectivity index (χ4v) is 5.49. The van der Waals surface area contributed by atoms with Crippen molar-refractivity contribution in [2.24, 2.45) is 5.10 Å². The first-order valence-corrected chi connectivity index (χ1v) is 15.6. The predicted molar refractivity (Wildman–Crippen MR) is 178 cm³/mol. The van der Waals surface area contributed by atoms with Gasteiger partial charge in [0.05, 0.1) is 37.4 Å². The number of hydrazone groups is 1. The topological polar surface area (TPSA) is 91.2 Å². The van der Waals surface area contributed by atoms with Crippen LogP contribution in [0.1, 0.15) is 78.2 Å². The highest BCUT2D eigenvalue weighted by Gasteiger charge is 2.31. The van der Waals surface area contributed by atoms with E-state index in [2.05, 4.69) is 12.2 Å². The van der Waals surface area contributed by atoms with Crippen LogP contribution in [0.15, 0.2) is 84.0 Å². The number of nitrogens with zero attached hydrogens (tertiary/aromatic N) is 2. The van der Waals surface area contributed by atoms with Crippen LogP contribution in [-0.4, -0.2) is 41.4 Å². The highest BCUT2D eigenvalue weighted by atomic mass is 35.5. The summed E-state index contributed by atoms with van der Waals surface area (Å²) in [5.74, 6) is -1.12. The lowest BCUT2D eigenvalue weighted by Gasteiger charge is -2.31. The quantitative estimate of drug-likeness (QED) is 0.104. The van der Waals surface area contributed by atoms with E-state index < -0.39 is 17.7 Å². The van der Waals surface area contributed by atoms with Gasteiger partial charge in [-0.1, -0.05) is 61.7 Å². The predicted octanol–water partition coefficient (Wildman–Crippen LogP) is 8.88. The van der Waals surface area contributed by atoms with Gasteiger partial charge in [-0.2, -0.15) is 18.3 Å². The molecular formula is C36H37ClF3N3O4. The van der Waals surface area contributed by atoms with Gasteiger partial charge in [0.1, 0.15) is 5.75 Å². The maximum atomic E-state index is 13.7. The van der Waals surface area contributed by atoms with Crippen molar-refractivity contribution >= 4 is 40.0 Å². The number of unbranched alkanes of at least 4 members (excludes halogenated alkanes) is 1. The number of methoxy groups -OCH3 is 1. The zero-order chi connectivity index (χ0) is 34.1. The van der Waals surface area contributed by atoms with Crippen LogP contribution in [0.4, 0.5) is 13.2 Å². The summed E-state index contributed by atoms with van der Waals surface area (Å²) in [6.07, 6.45) is -2.31. The molecule has 0 aromatic heterocycles. The van der Waals surface area contributed by atoms with Gasteiger partial charge < -0.3 is 15.2 Å². The minimum Gasteiger partial charge on any atom is -0.496 e. The van der Waals surface area contributed by atoms with Crippen molar-refractivity contribution in [2.75, 3.05) is 13.7 Å². The lowest BCUT2D eigenvalue weighted by Crippen LogP contribution is -2.27. The number of rotatable bonds is 14. The number of benzene rings is 4. The Labute approximate surface area is 277 Å². The van der Waals surface area contributed by atoms with E-state index in [1.807, 2.05) is 53.5 Å². The van der Waals surface area contributed by atoms with Crippen molar-refractivity contribution in [1.82, 2.24) is 10.3 Å². The van der Waals surface area contributed by atoms with Crippen LogP contribution >= 0.6 is 11.6 Å². The molecule has 0 aliphatic rings. The summed E-state index contributed by atoms with van der Waals surface area (Å²) in [5, 5.41) is 20.9. The molecule has 248 valence electrons. The number of carbonyl (C=O) groups excluding carboxylic acids is 1. The van der Waals surface area contributed by atoms with Gasteiger partial charge in [-0.15, -0.1) is 0 Å². The van der Waals surface area contributed by atoms with Crippen molar-refractivity contribution in [2.45, 2.75) is 58.3 Å². The smallest absolute Gasteiger partial charge is 0.416 e. The molecule has 11 heteroatoms. The van der Waals surface area contributed by atoms with Crippen LogP contribution in [0, 0.1) is 0 Å². The Morgan fingerprint density at radius 3 is 2.36 bits per heavy atom. The lowest BCUT2D eigenvalue weighted by molar-refractivity contribution is -0.138. The average molecular weight is 668 g/mol. The minimum atomic E-state index is -4.54. The summed E-state index contributed by atoms with van der Waals surface area (Å²) < 4.78 is 46.5. The zero-order valence-corrected chi connectivity index (χ0v) is 27.2. The summed E-state index contributed by atoms with van der Waals surface area (Å²) in [5.41, 5.74) is 1.94. The Morgan fingerprint density at radius 1 is 1.00 bits per heavy atom. The largest absolute Gasteiger partial charge is 0.496 e. The number of halogens is 4. The van der Waals surface area contributed by atoms with E-state index in [1.54, 1.807) is 19.1 Å². The van der Waals surface area contributed by atoms with Crippen molar-refractivity contribution < 1.29 is 32.6 Å². The van der Waals surface area contributed by atoms with Crippen molar-refractivity contribution in [3.8, 4) is 5.75 Å². The van der Waals surface area contributed by atoms with E-state index >= 15 is 0 Å². The van der Waals surface area contributed by atoms with Crippen molar-refractivity contribution in [1.29, 1.82) is 0 Å². The van der Waals surface area contributed by atoms with E-state index in [4.69, 9.17) is 26.5 Å². The molecule has 1 amide bonds. The Morgan fingerprint density at radius 2 is 1.70 bits per heavy atom. The number of ether oxygens (including phenoxy) is 1. The molecule has 0 heterocycles. The fraction of sp³-hybridized carbons (Fsp3) is 0.306. The van der Waals surface area contributed by atoms with Gasteiger partial charge in [-0.25, -0.2) is 0 Å². The number of carboxylic acid groups (broad SMARTS) is 1. The van der Waals surface area contributed by atoms with Crippen molar-refractivity contribution in [3.63, 3.8) is 0 Å². The molecule has 4 aromatic carbocycles. The van der Waals surface area contributed by atoms with Crippen LogP contribution < -0.4 is 10.1 Å². The number of hydrogen-bond acceptors (Lipinski definition) is 5. The van der Waals surface area contributed by atoms with E-state index in [9.17, 15) is 22.8 Å². The number of hydrogen-bond donors (Lipinski definition) is 2. The average Bonchev–Trinajstić information content (AvgIpc) is 3.04. The van der Waals surface area contributed by atoms with Gasteiger partial charge in [0.15, 0.2) is 0 Å². The Bertz CT molecular complexity index is 1740. The summed E-state index contributed by atoms with van der Waals surface area (Å²) in [6, 6.07) is 21.7. The minimum absolute atomic E-state index is 0.00772. The van der Waals surface area contributed by atoms with Gasteiger partial charge in [-0.3, -0.25) is 14.6 Å². The highest BCUT2D eigenvalue weighted by molar-refractivity contribution is 6.31. The van der Waals surface area contributed by atoms with Crippen LogP contribution in [0.5, 0.6) is 5.75 Å². The van der Waals surface area contributed by atoms with Gasteiger partial charge in [0, 0.05) is 22.7 Å². The Balaban J connectivity index is 1.77. The third-order valence-corrected chi connectivity index (χ3v) is 8.01. The highest BCUT2D eigenvalue weighted by Crippen LogP contribution is 2.34.